The van der Waals surface area contributed by atoms with Crippen molar-refractivity contribution >= 4 is 29.8 Å². The van der Waals surface area contributed by atoms with Crippen LogP contribution in [0.2, 0.25) is 0 Å². The van der Waals surface area contributed by atoms with Crippen molar-refractivity contribution in [2.75, 3.05) is 0 Å². The van der Waals surface area contributed by atoms with Crippen LogP contribution >= 0.6 is 24.1 Å². The SMILES string of the molecule is OOOSOc1ccc(N=NCl)cc1. The molecule has 0 aliphatic heterocycles. The van der Waals surface area contributed by atoms with Crippen LogP contribution in [0, 0.1) is 0 Å². The van der Waals surface area contributed by atoms with Crippen LogP contribution in [0.1, 0.15) is 0 Å². The van der Waals surface area contributed by atoms with E-state index in [1.165, 1.54) is 0 Å². The predicted molar refractivity (Wildman–Crippen MR) is 49.8 cm³/mol. The van der Waals surface area contributed by atoms with E-state index in [9.17, 15) is 0 Å². The van der Waals surface area contributed by atoms with Gasteiger partial charge in [-0.1, -0.05) is 14.0 Å². The molecular weight excluding hydrogens is 232 g/mol. The molecule has 0 heterocycles. The summed E-state index contributed by atoms with van der Waals surface area (Å²) in [5, 5.41) is 14.7. The van der Waals surface area contributed by atoms with Crippen molar-refractivity contribution in [3.8, 4) is 5.75 Å². The normalized spacial score (nSPS) is 10.7. The number of halogens is 1. The van der Waals surface area contributed by atoms with Crippen molar-refractivity contribution in [2.24, 2.45) is 9.75 Å². The summed E-state index contributed by atoms with van der Waals surface area (Å²) in [5.41, 5.74) is 0.594. The van der Waals surface area contributed by atoms with Crippen LogP contribution in [-0.2, 0) is 9.37 Å². The summed E-state index contributed by atoms with van der Waals surface area (Å²) >= 11 is 5.51. The van der Waals surface area contributed by atoms with Gasteiger partial charge in [0, 0.05) is 0 Å². The first-order valence-corrected chi connectivity index (χ1v) is 4.31. The Kier molecular flexibility index (Phi) is 5.27. The van der Waals surface area contributed by atoms with E-state index < -0.39 is 0 Å². The summed E-state index contributed by atoms with van der Waals surface area (Å²) in [7, 11) is 0. The van der Waals surface area contributed by atoms with Gasteiger partial charge in [-0.25, -0.2) is 5.26 Å². The lowest BCUT2D eigenvalue weighted by Gasteiger charge is -1.99. The third-order valence-electron chi connectivity index (χ3n) is 1.18. The molecule has 8 heteroatoms. The third-order valence-corrected chi connectivity index (χ3v) is 1.63. The zero-order valence-electron chi connectivity index (χ0n) is 6.66. The Morgan fingerprint density at radius 3 is 2.57 bits per heavy atom. The maximum atomic E-state index is 7.79. The summed E-state index contributed by atoms with van der Waals surface area (Å²) < 4.78 is 12.0. The molecule has 0 aliphatic rings. The van der Waals surface area contributed by atoms with E-state index >= 15 is 0 Å². The van der Waals surface area contributed by atoms with Gasteiger partial charge in [-0.3, -0.25) is 0 Å². The molecule has 0 fully saturated rings. The molecule has 0 amide bonds. The Hall–Kier alpha value is -0.860. The van der Waals surface area contributed by atoms with Gasteiger partial charge >= 0.3 is 0 Å². The van der Waals surface area contributed by atoms with Crippen molar-refractivity contribution in [1.29, 1.82) is 0 Å². The van der Waals surface area contributed by atoms with E-state index in [0.29, 0.717) is 23.8 Å². The Morgan fingerprint density at radius 1 is 1.29 bits per heavy atom. The molecule has 1 rings (SSSR count). The van der Waals surface area contributed by atoms with Crippen LogP contribution < -0.4 is 4.18 Å². The maximum absolute atomic E-state index is 7.79. The lowest BCUT2D eigenvalue weighted by molar-refractivity contribution is -0.433. The lowest BCUT2D eigenvalue weighted by atomic mass is 10.3. The van der Waals surface area contributed by atoms with Gasteiger partial charge in [-0.2, -0.15) is 0 Å². The molecule has 14 heavy (non-hydrogen) atoms. The minimum Gasteiger partial charge on any atom is -0.399 e. The standard InChI is InChI=1S/C6H5ClN2O4S/c7-9-8-5-1-3-6(4-2-5)11-14-13-12-10/h1-4,10H. The minimum absolute atomic E-state index is 0.473. The van der Waals surface area contributed by atoms with Gasteiger partial charge in [-0.05, 0) is 24.3 Å². The molecular formula is C6H5ClN2O4S. The monoisotopic (exact) mass is 236 g/mol. The second-order valence-corrected chi connectivity index (χ2v) is 2.55. The van der Waals surface area contributed by atoms with Crippen LogP contribution in [-0.4, -0.2) is 5.26 Å². The molecule has 0 atom stereocenters. The number of hydrogen-bond donors (Lipinski definition) is 1. The van der Waals surface area contributed by atoms with E-state index in [4.69, 9.17) is 21.2 Å². The fourth-order valence-corrected chi connectivity index (χ4v) is 1.01. The van der Waals surface area contributed by atoms with Crippen LogP contribution in [0.4, 0.5) is 5.69 Å². The molecule has 1 aromatic carbocycles. The summed E-state index contributed by atoms with van der Waals surface area (Å²) in [6.45, 7) is 0. The highest BCUT2D eigenvalue weighted by atomic mass is 35.5. The highest BCUT2D eigenvalue weighted by Crippen LogP contribution is 2.21. The van der Waals surface area contributed by atoms with Crippen LogP contribution in [0.15, 0.2) is 34.0 Å². The Morgan fingerprint density at radius 2 is 2.00 bits per heavy atom. The highest BCUT2D eigenvalue weighted by molar-refractivity contribution is 7.90. The highest BCUT2D eigenvalue weighted by Gasteiger charge is 1.96. The van der Waals surface area contributed by atoms with Crippen molar-refractivity contribution in [1.82, 2.24) is 0 Å². The van der Waals surface area contributed by atoms with Gasteiger partial charge in [0.2, 0.25) is 0 Å². The Balaban J connectivity index is 2.46. The van der Waals surface area contributed by atoms with Gasteiger partial charge in [0.25, 0.3) is 12.3 Å². The molecule has 0 saturated carbocycles. The molecule has 0 unspecified atom stereocenters. The van der Waals surface area contributed by atoms with Crippen molar-refractivity contribution in [2.45, 2.75) is 0 Å². The van der Waals surface area contributed by atoms with E-state index in [0.717, 1.165) is 0 Å². The average Bonchev–Trinajstić information content (AvgIpc) is 2.21. The molecule has 1 N–H and O–H groups in total. The fraction of sp³-hybridized carbons (Fsp3) is 0. The summed E-state index contributed by atoms with van der Waals surface area (Å²) in [5.74, 6) is 0.501. The van der Waals surface area contributed by atoms with Gasteiger partial charge < -0.3 is 4.18 Å². The molecule has 0 saturated heterocycles. The van der Waals surface area contributed by atoms with Crippen LogP contribution in [0.5, 0.6) is 5.75 Å². The van der Waals surface area contributed by atoms with Crippen LogP contribution in [0.25, 0.3) is 0 Å². The van der Waals surface area contributed by atoms with E-state index in [2.05, 4.69) is 19.1 Å². The Bertz CT molecular complexity index is 294. The van der Waals surface area contributed by atoms with Gasteiger partial charge in [0.15, 0.2) is 0 Å². The van der Waals surface area contributed by atoms with E-state index in [1.807, 2.05) is 0 Å². The molecule has 0 spiro atoms. The van der Waals surface area contributed by atoms with E-state index in [-0.39, 0.29) is 0 Å². The first-order valence-electron chi connectivity index (χ1n) is 3.30. The lowest BCUT2D eigenvalue weighted by Crippen LogP contribution is -1.84. The van der Waals surface area contributed by atoms with Crippen molar-refractivity contribution in [3.05, 3.63) is 24.3 Å². The summed E-state index contributed by atoms with van der Waals surface area (Å²) in [4.78, 5) is 0. The van der Waals surface area contributed by atoms with Gasteiger partial charge in [0.1, 0.15) is 5.75 Å². The molecule has 6 nitrogen and oxygen atoms in total. The number of rotatable bonds is 5. The number of benzene rings is 1. The van der Waals surface area contributed by atoms with Gasteiger partial charge in [-0.15, -0.1) is 5.11 Å². The molecule has 0 bridgehead atoms. The van der Waals surface area contributed by atoms with Crippen molar-refractivity contribution in [3.63, 3.8) is 0 Å². The Labute approximate surface area is 88.8 Å². The smallest absolute Gasteiger partial charge is 0.261 e. The van der Waals surface area contributed by atoms with E-state index in [1.54, 1.807) is 24.3 Å². The van der Waals surface area contributed by atoms with Crippen LogP contribution in [0.3, 0.4) is 0 Å². The predicted octanol–water partition coefficient (Wildman–Crippen LogP) is 3.29. The largest absolute Gasteiger partial charge is 0.399 e. The fourth-order valence-electron chi connectivity index (χ4n) is 0.678. The zero-order chi connectivity index (χ0) is 10.2. The zero-order valence-corrected chi connectivity index (χ0v) is 8.23. The number of hydrogen-bond acceptors (Lipinski definition) is 7. The van der Waals surface area contributed by atoms with Crippen molar-refractivity contribution < 1.29 is 18.8 Å². The topological polar surface area (TPSA) is 72.6 Å². The number of nitrogens with zero attached hydrogens (tertiary/aromatic N) is 2. The summed E-state index contributed by atoms with van der Waals surface area (Å²) in [6, 6.07) is 6.52. The average molecular weight is 237 g/mol. The summed E-state index contributed by atoms with van der Waals surface area (Å²) in [6.07, 6.45) is 0. The molecule has 0 radical (unpaired) electrons. The maximum Gasteiger partial charge on any atom is 0.261 e. The quantitative estimate of drug-likeness (QED) is 0.279. The molecule has 1 aromatic rings. The molecule has 76 valence electrons. The second kappa shape index (κ2) is 6.57. The second-order valence-electron chi connectivity index (χ2n) is 1.96. The molecule has 0 aliphatic carbocycles. The third kappa shape index (κ3) is 3.90. The minimum atomic E-state index is 0.473. The first kappa shape index (κ1) is 11.2. The first-order chi connectivity index (χ1) is 6.86. The molecule has 0 aromatic heterocycles. The van der Waals surface area contributed by atoms with Gasteiger partial charge in [0.05, 0.1) is 17.5 Å².